The zero-order chi connectivity index (χ0) is 12.6. The fraction of sp³-hybridized carbons (Fsp3) is 0.900. The molecule has 1 atom stereocenters. The number of amides is 1. The van der Waals surface area contributed by atoms with Crippen LogP contribution < -0.4 is 0 Å². The van der Waals surface area contributed by atoms with Gasteiger partial charge in [-0.05, 0) is 0 Å². The number of rotatable bonds is 0. The Morgan fingerprint density at radius 2 is 1.88 bits per heavy atom. The number of hydrogen-bond donors (Lipinski definition) is 0. The summed E-state index contributed by atoms with van der Waals surface area (Å²) in [7, 11) is 0. The molecule has 0 unspecified atom stereocenters. The number of morpholine rings is 1. The molecule has 0 aromatic rings. The molecule has 0 bridgehead atoms. The number of hydrogen-bond acceptors (Lipinski definition) is 2. The third kappa shape index (κ3) is 3.10. The third-order valence-corrected chi connectivity index (χ3v) is 2.36. The highest BCUT2D eigenvalue weighted by molar-refractivity contribution is 5.81. The van der Waals surface area contributed by atoms with Crippen LogP contribution in [0.2, 0.25) is 0 Å². The van der Waals surface area contributed by atoms with Gasteiger partial charge in [0.2, 0.25) is 5.91 Å². The molecule has 1 rings (SSSR count). The fourth-order valence-electron chi connectivity index (χ4n) is 1.51. The van der Waals surface area contributed by atoms with Crippen LogP contribution in [0, 0.1) is 5.41 Å². The summed E-state index contributed by atoms with van der Waals surface area (Å²) in [5.41, 5.74) is -0.659. The average Bonchev–Trinajstić information content (AvgIpc) is 2.14. The molecule has 0 aromatic carbocycles. The molecule has 16 heavy (non-hydrogen) atoms. The number of carbonyl (C=O) groups is 1. The number of carbonyl (C=O) groups excluding carboxylic acids is 1. The Labute approximate surface area is 92.5 Å². The largest absolute Gasteiger partial charge is 0.416 e. The smallest absolute Gasteiger partial charge is 0.365 e. The van der Waals surface area contributed by atoms with Crippen LogP contribution in [0.3, 0.4) is 0 Å². The van der Waals surface area contributed by atoms with Crippen LogP contribution in [0.4, 0.5) is 13.2 Å². The second-order valence-corrected chi connectivity index (χ2v) is 4.90. The van der Waals surface area contributed by atoms with Crippen LogP contribution in [-0.4, -0.2) is 42.8 Å². The lowest BCUT2D eigenvalue weighted by Crippen LogP contribution is -2.53. The monoisotopic (exact) mass is 239 g/mol. The zero-order valence-electron chi connectivity index (χ0n) is 9.60. The maximum Gasteiger partial charge on any atom is 0.416 e. The fourth-order valence-corrected chi connectivity index (χ4v) is 1.51. The van der Waals surface area contributed by atoms with Crippen molar-refractivity contribution in [3.63, 3.8) is 0 Å². The number of alkyl halides is 3. The Balaban J connectivity index is 2.68. The molecule has 1 aliphatic heterocycles. The first kappa shape index (κ1) is 13.3. The Morgan fingerprint density at radius 1 is 1.31 bits per heavy atom. The summed E-state index contributed by atoms with van der Waals surface area (Å²) in [6.07, 6.45) is -6.26. The van der Waals surface area contributed by atoms with Gasteiger partial charge in [-0.25, -0.2) is 0 Å². The summed E-state index contributed by atoms with van der Waals surface area (Å²) >= 11 is 0. The van der Waals surface area contributed by atoms with E-state index in [1.165, 1.54) is 4.90 Å². The second-order valence-electron chi connectivity index (χ2n) is 4.90. The van der Waals surface area contributed by atoms with Crippen LogP contribution in [0.1, 0.15) is 20.8 Å². The van der Waals surface area contributed by atoms with Crippen LogP contribution in [0.25, 0.3) is 0 Å². The molecule has 94 valence electrons. The first-order valence-electron chi connectivity index (χ1n) is 5.10. The molecule has 0 aromatic heterocycles. The number of halogens is 3. The highest BCUT2D eigenvalue weighted by atomic mass is 19.4. The van der Waals surface area contributed by atoms with E-state index >= 15 is 0 Å². The van der Waals surface area contributed by atoms with Gasteiger partial charge < -0.3 is 9.64 Å². The van der Waals surface area contributed by atoms with E-state index in [0.29, 0.717) is 0 Å². The minimum Gasteiger partial charge on any atom is -0.365 e. The zero-order valence-corrected chi connectivity index (χ0v) is 9.60. The van der Waals surface area contributed by atoms with Gasteiger partial charge in [0.15, 0.2) is 6.10 Å². The van der Waals surface area contributed by atoms with Crippen LogP contribution >= 0.6 is 0 Å². The van der Waals surface area contributed by atoms with Gasteiger partial charge in [-0.1, -0.05) is 20.8 Å². The van der Waals surface area contributed by atoms with E-state index in [9.17, 15) is 18.0 Å². The Hall–Kier alpha value is -0.780. The van der Waals surface area contributed by atoms with Crippen LogP contribution in [-0.2, 0) is 9.53 Å². The first-order chi connectivity index (χ1) is 7.12. The predicted molar refractivity (Wildman–Crippen MR) is 51.8 cm³/mol. The van der Waals surface area contributed by atoms with Gasteiger partial charge >= 0.3 is 6.18 Å². The SMILES string of the molecule is CC(C)(C)C(=O)N1CCO[C@H](C(F)(F)F)C1. The van der Waals surface area contributed by atoms with Crippen molar-refractivity contribution in [3.8, 4) is 0 Å². The van der Waals surface area contributed by atoms with E-state index in [-0.39, 0.29) is 19.1 Å². The minimum absolute atomic E-state index is 0.0635. The van der Waals surface area contributed by atoms with Crippen molar-refractivity contribution in [1.29, 1.82) is 0 Å². The standard InChI is InChI=1S/C10H16F3NO2/c1-9(2,3)8(15)14-4-5-16-7(6-14)10(11,12)13/h7H,4-6H2,1-3H3/t7-/m0/s1. The molecule has 1 fully saturated rings. The van der Waals surface area contributed by atoms with Gasteiger partial charge in [0.25, 0.3) is 0 Å². The molecule has 0 spiro atoms. The summed E-state index contributed by atoms with van der Waals surface area (Å²) in [5, 5.41) is 0. The Morgan fingerprint density at radius 3 is 2.31 bits per heavy atom. The summed E-state index contributed by atoms with van der Waals surface area (Å²) in [4.78, 5) is 13.0. The quantitative estimate of drug-likeness (QED) is 0.645. The molecule has 1 amide bonds. The number of nitrogens with zero attached hydrogens (tertiary/aromatic N) is 1. The van der Waals surface area contributed by atoms with E-state index in [1.54, 1.807) is 20.8 Å². The van der Waals surface area contributed by atoms with Gasteiger partial charge in [0, 0.05) is 12.0 Å². The van der Waals surface area contributed by atoms with Crippen LogP contribution in [0.5, 0.6) is 0 Å². The maximum atomic E-state index is 12.4. The molecular formula is C10H16F3NO2. The summed E-state index contributed by atoms with van der Waals surface area (Å²) < 4.78 is 41.9. The Bertz CT molecular complexity index is 270. The summed E-state index contributed by atoms with van der Waals surface area (Å²) in [5.74, 6) is -0.273. The van der Waals surface area contributed by atoms with Crippen molar-refractivity contribution in [2.75, 3.05) is 19.7 Å². The third-order valence-electron chi connectivity index (χ3n) is 2.36. The lowest BCUT2D eigenvalue weighted by atomic mass is 9.94. The highest BCUT2D eigenvalue weighted by Gasteiger charge is 2.45. The van der Waals surface area contributed by atoms with E-state index in [2.05, 4.69) is 4.74 Å². The van der Waals surface area contributed by atoms with Crippen molar-refractivity contribution >= 4 is 5.91 Å². The molecule has 0 saturated carbocycles. The van der Waals surface area contributed by atoms with Crippen molar-refractivity contribution < 1.29 is 22.7 Å². The average molecular weight is 239 g/mol. The van der Waals surface area contributed by atoms with Crippen molar-refractivity contribution in [2.45, 2.75) is 33.1 Å². The summed E-state index contributed by atoms with van der Waals surface area (Å²) in [6.45, 7) is 4.82. The number of ether oxygens (including phenoxy) is 1. The highest BCUT2D eigenvalue weighted by Crippen LogP contribution is 2.27. The van der Waals surface area contributed by atoms with Crippen molar-refractivity contribution in [3.05, 3.63) is 0 Å². The lowest BCUT2D eigenvalue weighted by molar-refractivity contribution is -0.237. The maximum absolute atomic E-state index is 12.4. The normalized spacial score (nSPS) is 23.4. The summed E-state index contributed by atoms with van der Waals surface area (Å²) in [6, 6.07) is 0. The molecule has 0 N–H and O–H groups in total. The molecule has 3 nitrogen and oxygen atoms in total. The molecule has 1 saturated heterocycles. The predicted octanol–water partition coefficient (Wildman–Crippen LogP) is 1.82. The molecule has 0 aliphatic carbocycles. The van der Waals surface area contributed by atoms with Gasteiger partial charge in [0.05, 0.1) is 13.2 Å². The van der Waals surface area contributed by atoms with E-state index in [4.69, 9.17) is 0 Å². The minimum atomic E-state index is -4.41. The van der Waals surface area contributed by atoms with E-state index in [1.807, 2.05) is 0 Å². The van der Waals surface area contributed by atoms with Gasteiger partial charge in [-0.15, -0.1) is 0 Å². The van der Waals surface area contributed by atoms with Crippen molar-refractivity contribution in [1.82, 2.24) is 4.90 Å². The van der Waals surface area contributed by atoms with Crippen LogP contribution in [0.15, 0.2) is 0 Å². The first-order valence-corrected chi connectivity index (χ1v) is 5.10. The van der Waals surface area contributed by atoms with Gasteiger partial charge in [-0.2, -0.15) is 13.2 Å². The Kier molecular flexibility index (Phi) is 3.52. The van der Waals surface area contributed by atoms with Gasteiger partial charge in [-0.3, -0.25) is 4.79 Å². The van der Waals surface area contributed by atoms with Crippen molar-refractivity contribution in [2.24, 2.45) is 5.41 Å². The molecular weight excluding hydrogens is 223 g/mol. The second kappa shape index (κ2) is 4.24. The van der Waals surface area contributed by atoms with E-state index < -0.39 is 24.2 Å². The molecule has 1 aliphatic rings. The molecule has 6 heteroatoms. The molecule has 0 radical (unpaired) electrons. The van der Waals surface area contributed by atoms with E-state index in [0.717, 1.165) is 0 Å². The molecule has 1 heterocycles. The lowest BCUT2D eigenvalue weighted by Gasteiger charge is -2.36. The topological polar surface area (TPSA) is 29.5 Å². The van der Waals surface area contributed by atoms with Gasteiger partial charge in [0.1, 0.15) is 0 Å².